The van der Waals surface area contributed by atoms with Crippen molar-refractivity contribution in [2.24, 2.45) is 0 Å². The zero-order valence-electron chi connectivity index (χ0n) is 39.1. The van der Waals surface area contributed by atoms with Gasteiger partial charge in [0.25, 0.3) is 0 Å². The molecule has 0 spiro atoms. The Hall–Kier alpha value is -4.15. The lowest BCUT2D eigenvalue weighted by molar-refractivity contribution is -0.870. The summed E-state index contributed by atoms with van der Waals surface area (Å²) >= 11 is 0. The number of carbonyl (C=O) groups is 2. The second-order valence-electron chi connectivity index (χ2n) is 15.5. The maximum atomic E-state index is 12.7. The van der Waals surface area contributed by atoms with E-state index in [1.807, 2.05) is 45.4 Å². The smallest absolute Gasteiger partial charge is 0.462 e. The van der Waals surface area contributed by atoms with Crippen LogP contribution in [-0.4, -0.2) is 86.1 Å². The first-order valence-electron chi connectivity index (χ1n) is 22.7. The standard InChI is InChI=1S/C52H80NO9P/c1-6-8-10-12-14-16-18-20-22-24-25-26-28-30-32-34-36-38-40-42-51(55)59-47-50(48-61-63(57,58)60-46-45-53(3,4)5)62-52(56)44-43-49(54)41-39-37-35-33-31-29-27-23-21-19-17-15-13-11-9-7-2/h8-11,14-17,20-23,25-26,29-32,35-39,41,49-50,54H,6-7,12-13,18-19,24,27-28,33-34,40,42-48H2,1-5H3/p+1/b10-8-,11-9-,16-14-,17-15-,22-20-,23-21-,26-25-,31-29-,32-30-,37-35-,38-36-,41-39-/t49?,50-/m1/s1. The van der Waals surface area contributed by atoms with Crippen LogP contribution in [0.3, 0.4) is 0 Å². The van der Waals surface area contributed by atoms with Crippen LogP contribution in [0, 0.1) is 0 Å². The number of esters is 2. The molecule has 0 rings (SSSR count). The molecule has 0 amide bonds. The van der Waals surface area contributed by atoms with Crippen molar-refractivity contribution in [3.8, 4) is 0 Å². The first-order chi connectivity index (χ1) is 30.4. The zero-order chi connectivity index (χ0) is 46.5. The lowest BCUT2D eigenvalue weighted by atomic mass is 10.2. The van der Waals surface area contributed by atoms with Gasteiger partial charge in [0.15, 0.2) is 6.10 Å². The summed E-state index contributed by atoms with van der Waals surface area (Å²) in [4.78, 5) is 35.4. The van der Waals surface area contributed by atoms with Crippen molar-refractivity contribution in [3.63, 3.8) is 0 Å². The molecular weight excluding hydrogens is 814 g/mol. The topological polar surface area (TPSA) is 129 Å². The summed E-state index contributed by atoms with van der Waals surface area (Å²) in [6.07, 6.45) is 58.2. The summed E-state index contributed by atoms with van der Waals surface area (Å²) in [5, 5.41) is 10.4. The molecule has 0 heterocycles. The minimum absolute atomic E-state index is 0.0314. The lowest BCUT2D eigenvalue weighted by Gasteiger charge is -2.24. The van der Waals surface area contributed by atoms with Gasteiger partial charge in [-0.2, -0.15) is 0 Å². The van der Waals surface area contributed by atoms with Crippen molar-refractivity contribution in [3.05, 3.63) is 146 Å². The molecule has 3 atom stereocenters. The number of allylic oxidation sites excluding steroid dienone is 23. The normalized spacial score (nSPS) is 15.3. The third kappa shape index (κ3) is 45.7. The monoisotopic (exact) mass is 895 g/mol. The van der Waals surface area contributed by atoms with Crippen LogP contribution in [0.25, 0.3) is 0 Å². The molecule has 63 heavy (non-hydrogen) atoms. The Kier molecular flexibility index (Phi) is 39.1. The molecule has 0 aromatic rings. The maximum absolute atomic E-state index is 12.7. The second kappa shape index (κ2) is 41.8. The van der Waals surface area contributed by atoms with Crippen molar-refractivity contribution in [2.75, 3.05) is 47.5 Å². The first kappa shape index (κ1) is 58.9. The fourth-order valence-corrected chi connectivity index (χ4v) is 5.71. The molecule has 0 aromatic carbocycles. The summed E-state index contributed by atoms with van der Waals surface area (Å²) < 4.78 is 34.0. The predicted molar refractivity (Wildman–Crippen MR) is 262 cm³/mol. The van der Waals surface area contributed by atoms with Crippen LogP contribution < -0.4 is 0 Å². The predicted octanol–water partition coefficient (Wildman–Crippen LogP) is 12.2. The molecule has 2 N–H and O–H groups in total. The van der Waals surface area contributed by atoms with Gasteiger partial charge in [0.2, 0.25) is 0 Å². The number of phosphoric ester groups is 1. The third-order valence-corrected chi connectivity index (χ3v) is 9.48. The first-order valence-corrected chi connectivity index (χ1v) is 24.2. The van der Waals surface area contributed by atoms with Crippen molar-refractivity contribution in [1.29, 1.82) is 0 Å². The molecule has 10 nitrogen and oxygen atoms in total. The Morgan fingerprint density at radius 3 is 1.43 bits per heavy atom. The largest absolute Gasteiger partial charge is 0.472 e. The van der Waals surface area contributed by atoms with Crippen LogP contribution in [0.1, 0.15) is 110 Å². The third-order valence-electron chi connectivity index (χ3n) is 8.50. The number of aliphatic hydroxyl groups excluding tert-OH is 1. The van der Waals surface area contributed by atoms with Crippen LogP contribution >= 0.6 is 7.82 Å². The van der Waals surface area contributed by atoms with E-state index in [0.717, 1.165) is 70.6 Å². The number of phosphoric acid groups is 1. The molecule has 0 radical (unpaired) electrons. The quantitative estimate of drug-likeness (QED) is 0.0205. The van der Waals surface area contributed by atoms with E-state index in [-0.39, 0.29) is 32.5 Å². The minimum atomic E-state index is -4.47. The van der Waals surface area contributed by atoms with Gasteiger partial charge in [0, 0.05) is 12.8 Å². The highest BCUT2D eigenvalue weighted by atomic mass is 31.2. The summed E-state index contributed by atoms with van der Waals surface area (Å²) in [6.45, 7) is 3.78. The summed E-state index contributed by atoms with van der Waals surface area (Å²) in [5.74, 6) is -1.20. The van der Waals surface area contributed by atoms with Gasteiger partial charge < -0.3 is 24.0 Å². The van der Waals surface area contributed by atoms with E-state index in [2.05, 4.69) is 123 Å². The highest BCUT2D eigenvalue weighted by Gasteiger charge is 2.27. The van der Waals surface area contributed by atoms with Crippen molar-refractivity contribution in [1.82, 2.24) is 0 Å². The summed E-state index contributed by atoms with van der Waals surface area (Å²) in [6, 6.07) is 0. The van der Waals surface area contributed by atoms with Crippen LogP contribution in [0.5, 0.6) is 0 Å². The Balaban J connectivity index is 4.73. The van der Waals surface area contributed by atoms with Gasteiger partial charge >= 0.3 is 19.8 Å². The maximum Gasteiger partial charge on any atom is 0.472 e. The molecule has 0 fully saturated rings. The molecule has 0 bridgehead atoms. The molecule has 0 aliphatic carbocycles. The van der Waals surface area contributed by atoms with Crippen molar-refractivity contribution < 1.29 is 47.2 Å². The Bertz CT molecular complexity index is 1590. The molecular formula is C52H81NO9P+. The number of nitrogens with zero attached hydrogens (tertiary/aromatic N) is 1. The Labute approximate surface area is 381 Å². The molecule has 0 saturated heterocycles. The molecule has 2 unspecified atom stereocenters. The number of quaternary nitrogens is 1. The Morgan fingerprint density at radius 2 is 0.984 bits per heavy atom. The number of aliphatic hydroxyl groups is 1. The van der Waals surface area contributed by atoms with E-state index in [4.69, 9.17) is 18.5 Å². The van der Waals surface area contributed by atoms with Crippen LogP contribution in [0.15, 0.2) is 146 Å². The van der Waals surface area contributed by atoms with Gasteiger partial charge in [0.05, 0.1) is 33.9 Å². The van der Waals surface area contributed by atoms with Gasteiger partial charge in [-0.05, 0) is 83.5 Å². The fourth-order valence-electron chi connectivity index (χ4n) is 4.97. The van der Waals surface area contributed by atoms with Crippen LogP contribution in [0.2, 0.25) is 0 Å². The number of ether oxygens (including phenoxy) is 2. The average molecular weight is 895 g/mol. The molecule has 0 saturated carbocycles. The molecule has 0 aliphatic heterocycles. The number of hydrogen-bond donors (Lipinski definition) is 2. The van der Waals surface area contributed by atoms with Crippen molar-refractivity contribution >= 4 is 19.8 Å². The number of likely N-dealkylation sites (N-methyl/N-ethyl adjacent to an activating group) is 1. The fraction of sp³-hybridized carbons (Fsp3) is 0.500. The number of rotatable bonds is 38. The van der Waals surface area contributed by atoms with Crippen LogP contribution in [-0.2, 0) is 32.7 Å². The highest BCUT2D eigenvalue weighted by Crippen LogP contribution is 2.43. The molecule has 11 heteroatoms. The van der Waals surface area contributed by atoms with E-state index in [9.17, 15) is 24.2 Å². The van der Waals surface area contributed by atoms with E-state index in [1.54, 1.807) is 12.2 Å². The van der Waals surface area contributed by atoms with Gasteiger partial charge in [-0.25, -0.2) is 4.57 Å². The van der Waals surface area contributed by atoms with Gasteiger partial charge in [-0.1, -0.05) is 160 Å². The van der Waals surface area contributed by atoms with E-state index >= 15 is 0 Å². The summed E-state index contributed by atoms with van der Waals surface area (Å²) in [5.41, 5.74) is 0. The van der Waals surface area contributed by atoms with Gasteiger partial charge in [-0.3, -0.25) is 18.6 Å². The molecule has 0 aromatic heterocycles. The minimum Gasteiger partial charge on any atom is -0.462 e. The van der Waals surface area contributed by atoms with Gasteiger partial charge in [0.1, 0.15) is 19.8 Å². The lowest BCUT2D eigenvalue weighted by Crippen LogP contribution is -2.37. The van der Waals surface area contributed by atoms with E-state index < -0.39 is 38.6 Å². The summed E-state index contributed by atoms with van der Waals surface area (Å²) in [7, 11) is 1.26. The van der Waals surface area contributed by atoms with Crippen molar-refractivity contribution in [2.45, 2.75) is 122 Å². The van der Waals surface area contributed by atoms with Gasteiger partial charge in [-0.15, -0.1) is 0 Å². The van der Waals surface area contributed by atoms with E-state index in [1.165, 1.54) is 0 Å². The Morgan fingerprint density at radius 1 is 0.556 bits per heavy atom. The number of hydrogen-bond acceptors (Lipinski definition) is 8. The number of carbonyl (C=O) groups excluding carboxylic acids is 2. The van der Waals surface area contributed by atoms with Crippen LogP contribution in [0.4, 0.5) is 0 Å². The van der Waals surface area contributed by atoms with E-state index in [0.29, 0.717) is 17.4 Å². The average Bonchev–Trinajstić information content (AvgIpc) is 3.24. The second-order valence-corrected chi connectivity index (χ2v) is 17.0. The molecule has 0 aliphatic rings. The molecule has 352 valence electrons. The highest BCUT2D eigenvalue weighted by molar-refractivity contribution is 7.47. The SMILES string of the molecule is CC/C=C\C/C=C\C/C=C\C/C=C\C/C=C\C=C/C(O)CCC(=O)O[C@H](COC(=O)CC/C=C\C/C=C\C/C=C\C/C=C\C/C=C\C/C=C\CC)COP(=O)(O)OCC[N+](C)(C)C. The zero-order valence-corrected chi connectivity index (χ0v) is 40.0.